The van der Waals surface area contributed by atoms with Gasteiger partial charge in [-0.2, -0.15) is 0 Å². The number of carbonyl (C=O) groups is 2. The lowest BCUT2D eigenvalue weighted by Crippen LogP contribution is -2.45. The van der Waals surface area contributed by atoms with Gasteiger partial charge in [-0.05, 0) is 23.8 Å². The molecule has 2 aromatic rings. The molecule has 158 valence electrons. The van der Waals surface area contributed by atoms with Gasteiger partial charge in [0.15, 0.2) is 0 Å². The Morgan fingerprint density at radius 1 is 1.10 bits per heavy atom. The molecule has 0 radical (unpaired) electrons. The smallest absolute Gasteiger partial charge is 0.313 e. The second kappa shape index (κ2) is 9.90. The molecule has 1 fully saturated rings. The molecule has 2 aromatic carbocycles. The summed E-state index contributed by atoms with van der Waals surface area (Å²) in [5.41, 5.74) is 0.416. The SMILES string of the molecule is O=C(NCC(c1ccc(F)cc1)N1CCOCC1)C(=O)Nc1ccccc1[N+](=O)[O-]. The third-order valence-electron chi connectivity index (χ3n) is 4.75. The first-order valence-electron chi connectivity index (χ1n) is 9.35. The lowest BCUT2D eigenvalue weighted by atomic mass is 10.0. The van der Waals surface area contributed by atoms with E-state index in [0.29, 0.717) is 26.3 Å². The molecule has 10 heteroatoms. The van der Waals surface area contributed by atoms with Crippen molar-refractivity contribution in [3.63, 3.8) is 0 Å². The number of nitro groups is 1. The van der Waals surface area contributed by atoms with E-state index in [4.69, 9.17) is 4.74 Å². The van der Waals surface area contributed by atoms with E-state index in [1.165, 1.54) is 36.4 Å². The maximum atomic E-state index is 13.3. The summed E-state index contributed by atoms with van der Waals surface area (Å²) in [6, 6.07) is 11.2. The second-order valence-corrected chi connectivity index (χ2v) is 6.65. The van der Waals surface area contributed by atoms with Gasteiger partial charge in [-0.1, -0.05) is 24.3 Å². The zero-order chi connectivity index (χ0) is 21.5. The van der Waals surface area contributed by atoms with Crippen LogP contribution in [-0.2, 0) is 14.3 Å². The van der Waals surface area contributed by atoms with Gasteiger partial charge in [0.25, 0.3) is 5.69 Å². The number of carbonyl (C=O) groups excluding carboxylic acids is 2. The number of nitrogens with zero attached hydrogens (tertiary/aromatic N) is 2. The molecule has 9 nitrogen and oxygen atoms in total. The molecule has 1 heterocycles. The summed E-state index contributed by atoms with van der Waals surface area (Å²) in [7, 11) is 0. The van der Waals surface area contributed by atoms with Crippen molar-refractivity contribution in [1.82, 2.24) is 10.2 Å². The van der Waals surface area contributed by atoms with Crippen molar-refractivity contribution in [2.45, 2.75) is 6.04 Å². The fraction of sp³-hybridized carbons (Fsp3) is 0.300. The fourth-order valence-electron chi connectivity index (χ4n) is 3.22. The first-order chi connectivity index (χ1) is 14.5. The van der Waals surface area contributed by atoms with Crippen LogP contribution >= 0.6 is 0 Å². The number of morpholine rings is 1. The average Bonchev–Trinajstić information content (AvgIpc) is 2.76. The topological polar surface area (TPSA) is 114 Å². The zero-order valence-corrected chi connectivity index (χ0v) is 16.0. The van der Waals surface area contributed by atoms with Crippen LogP contribution in [0.25, 0.3) is 0 Å². The summed E-state index contributed by atoms with van der Waals surface area (Å²) in [4.78, 5) is 37.0. The van der Waals surface area contributed by atoms with Crippen molar-refractivity contribution in [3.05, 3.63) is 70.0 Å². The van der Waals surface area contributed by atoms with Gasteiger partial charge in [0.05, 0.1) is 24.2 Å². The van der Waals surface area contributed by atoms with Crippen LogP contribution < -0.4 is 10.6 Å². The molecule has 0 aromatic heterocycles. The maximum Gasteiger partial charge on any atom is 0.313 e. The van der Waals surface area contributed by atoms with E-state index < -0.39 is 16.7 Å². The third kappa shape index (κ3) is 5.37. The van der Waals surface area contributed by atoms with Crippen LogP contribution in [0.5, 0.6) is 0 Å². The minimum Gasteiger partial charge on any atom is -0.379 e. The number of hydrogen-bond donors (Lipinski definition) is 2. The molecule has 1 unspecified atom stereocenters. The van der Waals surface area contributed by atoms with Crippen molar-refractivity contribution >= 4 is 23.2 Å². The van der Waals surface area contributed by atoms with E-state index in [9.17, 15) is 24.1 Å². The summed E-state index contributed by atoms with van der Waals surface area (Å²) in [6.07, 6.45) is 0. The minimum absolute atomic E-state index is 0.0640. The summed E-state index contributed by atoms with van der Waals surface area (Å²) < 4.78 is 18.7. The molecule has 2 amide bonds. The molecule has 1 atom stereocenters. The number of hydrogen-bond acceptors (Lipinski definition) is 6. The standard InChI is InChI=1S/C20H21FN4O5/c21-15-7-5-14(6-8-15)18(24-9-11-30-12-10-24)13-22-19(26)20(27)23-16-3-1-2-4-17(16)25(28)29/h1-8,18H,9-13H2,(H,22,26)(H,23,27). The third-order valence-corrected chi connectivity index (χ3v) is 4.75. The molecule has 30 heavy (non-hydrogen) atoms. The first kappa shape index (κ1) is 21.3. The Kier molecular flexibility index (Phi) is 7.04. The summed E-state index contributed by atoms with van der Waals surface area (Å²) in [5.74, 6) is -2.30. The van der Waals surface area contributed by atoms with Gasteiger partial charge in [0, 0.05) is 25.7 Å². The Hall–Kier alpha value is -3.37. The Labute approximate surface area is 172 Å². The van der Waals surface area contributed by atoms with Crippen LogP contribution in [0.15, 0.2) is 48.5 Å². The van der Waals surface area contributed by atoms with Gasteiger partial charge in [-0.3, -0.25) is 24.6 Å². The monoisotopic (exact) mass is 416 g/mol. The highest BCUT2D eigenvalue weighted by Crippen LogP contribution is 2.23. The zero-order valence-electron chi connectivity index (χ0n) is 16.0. The number of amides is 2. The molecule has 1 aliphatic heterocycles. The number of benzene rings is 2. The van der Waals surface area contributed by atoms with Crippen LogP contribution in [0.3, 0.4) is 0 Å². The molecule has 0 aliphatic carbocycles. The van der Waals surface area contributed by atoms with E-state index in [1.54, 1.807) is 12.1 Å². The van der Waals surface area contributed by atoms with Crippen molar-refractivity contribution in [3.8, 4) is 0 Å². The van der Waals surface area contributed by atoms with Gasteiger partial charge in [0.1, 0.15) is 11.5 Å². The number of halogens is 1. The van der Waals surface area contributed by atoms with Crippen LogP contribution in [0.1, 0.15) is 11.6 Å². The van der Waals surface area contributed by atoms with Crippen LogP contribution in [0.4, 0.5) is 15.8 Å². The van der Waals surface area contributed by atoms with E-state index in [-0.39, 0.29) is 29.8 Å². The maximum absolute atomic E-state index is 13.3. The van der Waals surface area contributed by atoms with Crippen LogP contribution in [0.2, 0.25) is 0 Å². The molecule has 0 saturated carbocycles. The van der Waals surface area contributed by atoms with E-state index in [2.05, 4.69) is 15.5 Å². The van der Waals surface area contributed by atoms with Gasteiger partial charge >= 0.3 is 11.8 Å². The predicted molar refractivity (Wildman–Crippen MR) is 106 cm³/mol. The largest absolute Gasteiger partial charge is 0.379 e. The van der Waals surface area contributed by atoms with Gasteiger partial charge in [-0.25, -0.2) is 4.39 Å². The first-order valence-corrected chi connectivity index (χ1v) is 9.35. The van der Waals surface area contributed by atoms with Gasteiger partial charge in [-0.15, -0.1) is 0 Å². The lowest BCUT2D eigenvalue weighted by molar-refractivity contribution is -0.383. The van der Waals surface area contributed by atoms with Crippen molar-refractivity contribution < 1.29 is 23.6 Å². The Morgan fingerprint density at radius 3 is 2.43 bits per heavy atom. The van der Waals surface area contributed by atoms with E-state index >= 15 is 0 Å². The Balaban J connectivity index is 1.67. The molecule has 0 bridgehead atoms. The van der Waals surface area contributed by atoms with Crippen molar-refractivity contribution in [2.24, 2.45) is 0 Å². The molecular formula is C20H21FN4O5. The number of rotatable bonds is 6. The predicted octanol–water partition coefficient (Wildman–Crippen LogP) is 1.86. The van der Waals surface area contributed by atoms with E-state index in [1.807, 2.05) is 0 Å². The Morgan fingerprint density at radius 2 is 1.77 bits per heavy atom. The lowest BCUT2D eigenvalue weighted by Gasteiger charge is -2.34. The minimum atomic E-state index is -1.01. The molecule has 1 aliphatic rings. The Bertz CT molecular complexity index is 916. The summed E-state index contributed by atoms with van der Waals surface area (Å²) >= 11 is 0. The normalized spacial score (nSPS) is 15.2. The van der Waals surface area contributed by atoms with Crippen molar-refractivity contribution in [2.75, 3.05) is 38.2 Å². The summed E-state index contributed by atoms with van der Waals surface area (Å²) in [6.45, 7) is 2.42. The molecule has 3 rings (SSSR count). The second-order valence-electron chi connectivity index (χ2n) is 6.65. The number of nitrogens with one attached hydrogen (secondary N) is 2. The molecule has 0 spiro atoms. The van der Waals surface area contributed by atoms with Crippen LogP contribution in [-0.4, -0.2) is 54.5 Å². The number of ether oxygens (including phenoxy) is 1. The highest BCUT2D eigenvalue weighted by atomic mass is 19.1. The summed E-state index contributed by atoms with van der Waals surface area (Å²) in [5, 5.41) is 15.9. The average molecular weight is 416 g/mol. The van der Waals surface area contributed by atoms with Crippen LogP contribution in [0, 0.1) is 15.9 Å². The quantitative estimate of drug-likeness (QED) is 0.422. The van der Waals surface area contributed by atoms with Crippen molar-refractivity contribution in [1.29, 1.82) is 0 Å². The fourth-order valence-corrected chi connectivity index (χ4v) is 3.22. The van der Waals surface area contributed by atoms with E-state index in [0.717, 1.165) is 5.56 Å². The molecule has 2 N–H and O–H groups in total. The van der Waals surface area contributed by atoms with Gasteiger partial charge < -0.3 is 15.4 Å². The molecular weight excluding hydrogens is 395 g/mol. The number of para-hydroxylation sites is 2. The number of anilines is 1. The highest BCUT2D eigenvalue weighted by Gasteiger charge is 2.25. The number of nitro benzene ring substituents is 1. The highest BCUT2D eigenvalue weighted by molar-refractivity contribution is 6.39. The van der Waals surface area contributed by atoms with Gasteiger partial charge in [0.2, 0.25) is 0 Å². The molecule has 1 saturated heterocycles.